The van der Waals surface area contributed by atoms with Crippen molar-refractivity contribution in [3.63, 3.8) is 0 Å². The number of likely N-dealkylation sites (N-methyl/N-ethyl adjacent to an activating group) is 1. The van der Waals surface area contributed by atoms with Crippen molar-refractivity contribution in [3.05, 3.63) is 0 Å². The van der Waals surface area contributed by atoms with E-state index in [9.17, 15) is 9.59 Å². The number of aliphatic carboxylic acids is 1. The van der Waals surface area contributed by atoms with Crippen molar-refractivity contribution in [2.45, 2.75) is 52.0 Å². The minimum absolute atomic E-state index is 0.00910. The molecule has 0 atom stereocenters. The molecule has 1 N–H and O–H groups in total. The molecule has 0 aromatic heterocycles. The number of rotatable bonds is 3. The molecule has 0 unspecified atom stereocenters. The maximum atomic E-state index is 12.2. The molecule has 0 heterocycles. The fraction of sp³-hybridized carbons (Fsp3) is 0.846. The Balaban J connectivity index is 2.67. The summed E-state index contributed by atoms with van der Waals surface area (Å²) in [5.74, 6) is -0.284. The van der Waals surface area contributed by atoms with Gasteiger partial charge in [0.2, 0.25) is 5.91 Å². The molecule has 0 aromatic carbocycles. The van der Waals surface area contributed by atoms with Crippen LogP contribution in [-0.4, -0.2) is 34.5 Å². The van der Waals surface area contributed by atoms with Crippen LogP contribution < -0.4 is 0 Å². The second-order valence-electron chi connectivity index (χ2n) is 5.72. The minimum Gasteiger partial charge on any atom is -0.480 e. The third-order valence-corrected chi connectivity index (χ3v) is 4.06. The maximum Gasteiger partial charge on any atom is 0.329 e. The lowest BCUT2D eigenvalue weighted by atomic mass is 9.82. The fourth-order valence-electron chi connectivity index (χ4n) is 2.20. The summed E-state index contributed by atoms with van der Waals surface area (Å²) in [7, 11) is 1.59. The van der Waals surface area contributed by atoms with Crippen LogP contribution in [0, 0.1) is 11.8 Å². The lowest BCUT2D eigenvalue weighted by molar-refractivity contribution is -0.157. The van der Waals surface area contributed by atoms with Crippen LogP contribution in [0.3, 0.4) is 0 Å². The molecule has 0 bridgehead atoms. The Labute approximate surface area is 103 Å². The number of carbonyl (C=O) groups is 2. The molecular formula is C13H23NO3. The average Bonchev–Trinajstić information content (AvgIpc) is 2.27. The van der Waals surface area contributed by atoms with Crippen LogP contribution in [0.4, 0.5) is 0 Å². The number of nitrogens with zero attached hydrogens (tertiary/aromatic N) is 1. The number of hydrogen-bond donors (Lipinski definition) is 1. The Morgan fingerprint density at radius 3 is 2.06 bits per heavy atom. The van der Waals surface area contributed by atoms with Crippen LogP contribution >= 0.6 is 0 Å². The summed E-state index contributed by atoms with van der Waals surface area (Å²) in [6.45, 7) is 5.34. The van der Waals surface area contributed by atoms with Crippen molar-refractivity contribution in [2.24, 2.45) is 11.8 Å². The Morgan fingerprint density at radius 2 is 1.65 bits per heavy atom. The second kappa shape index (κ2) is 5.07. The highest BCUT2D eigenvalue weighted by molar-refractivity contribution is 5.87. The standard InChI is InChI=1S/C13H23NO3/c1-9-5-7-10(8-6-9)11(15)14(4)13(2,3)12(16)17/h9-10H,5-8H2,1-4H3,(H,16,17). The van der Waals surface area contributed by atoms with E-state index < -0.39 is 11.5 Å². The van der Waals surface area contributed by atoms with Crippen molar-refractivity contribution in [3.8, 4) is 0 Å². The van der Waals surface area contributed by atoms with Crippen LogP contribution in [-0.2, 0) is 9.59 Å². The van der Waals surface area contributed by atoms with Gasteiger partial charge in [0.1, 0.15) is 5.54 Å². The highest BCUT2D eigenvalue weighted by Crippen LogP contribution is 2.30. The van der Waals surface area contributed by atoms with Gasteiger partial charge in [-0.2, -0.15) is 0 Å². The third-order valence-electron chi connectivity index (χ3n) is 4.06. The molecule has 17 heavy (non-hydrogen) atoms. The van der Waals surface area contributed by atoms with Crippen LogP contribution in [0.25, 0.3) is 0 Å². The molecule has 1 saturated carbocycles. The molecular weight excluding hydrogens is 218 g/mol. The average molecular weight is 241 g/mol. The molecule has 1 rings (SSSR count). The van der Waals surface area contributed by atoms with Gasteiger partial charge in [-0.25, -0.2) is 4.79 Å². The van der Waals surface area contributed by atoms with Gasteiger partial charge in [-0.3, -0.25) is 4.79 Å². The van der Waals surface area contributed by atoms with E-state index in [0.29, 0.717) is 5.92 Å². The summed E-state index contributed by atoms with van der Waals surface area (Å²) in [6, 6.07) is 0. The molecule has 1 fully saturated rings. The molecule has 0 aliphatic heterocycles. The Bertz CT molecular complexity index is 304. The van der Waals surface area contributed by atoms with E-state index in [4.69, 9.17) is 5.11 Å². The topological polar surface area (TPSA) is 57.6 Å². The number of carbonyl (C=O) groups excluding carboxylic acids is 1. The number of hydrogen-bond acceptors (Lipinski definition) is 2. The van der Waals surface area contributed by atoms with Crippen molar-refractivity contribution in [1.82, 2.24) is 4.90 Å². The first-order valence-electron chi connectivity index (χ1n) is 6.28. The van der Waals surface area contributed by atoms with Crippen LogP contribution in [0.5, 0.6) is 0 Å². The molecule has 4 nitrogen and oxygen atoms in total. The van der Waals surface area contributed by atoms with Gasteiger partial charge in [-0.05, 0) is 45.4 Å². The molecule has 1 aliphatic carbocycles. The minimum atomic E-state index is -1.12. The van der Waals surface area contributed by atoms with E-state index in [1.165, 1.54) is 4.90 Å². The zero-order chi connectivity index (χ0) is 13.2. The van der Waals surface area contributed by atoms with Gasteiger partial charge in [-0.1, -0.05) is 6.92 Å². The van der Waals surface area contributed by atoms with Gasteiger partial charge >= 0.3 is 5.97 Å². The van der Waals surface area contributed by atoms with Gasteiger partial charge in [0, 0.05) is 13.0 Å². The highest BCUT2D eigenvalue weighted by atomic mass is 16.4. The summed E-state index contributed by atoms with van der Waals surface area (Å²) < 4.78 is 0. The lowest BCUT2D eigenvalue weighted by Crippen LogP contribution is -2.52. The monoisotopic (exact) mass is 241 g/mol. The van der Waals surface area contributed by atoms with Gasteiger partial charge in [0.05, 0.1) is 0 Å². The molecule has 0 spiro atoms. The molecule has 1 amide bonds. The maximum absolute atomic E-state index is 12.2. The van der Waals surface area contributed by atoms with Gasteiger partial charge in [0.15, 0.2) is 0 Å². The fourth-order valence-corrected chi connectivity index (χ4v) is 2.20. The van der Waals surface area contributed by atoms with E-state index >= 15 is 0 Å². The zero-order valence-electron chi connectivity index (χ0n) is 11.2. The summed E-state index contributed by atoms with van der Waals surface area (Å²) in [4.78, 5) is 24.7. The van der Waals surface area contributed by atoms with Crippen molar-refractivity contribution < 1.29 is 14.7 Å². The molecule has 4 heteroatoms. The summed E-state index contributed by atoms with van der Waals surface area (Å²) >= 11 is 0. The van der Waals surface area contributed by atoms with E-state index in [-0.39, 0.29) is 11.8 Å². The molecule has 1 aliphatic rings. The predicted octanol–water partition coefficient (Wildman–Crippen LogP) is 2.13. The normalized spacial score (nSPS) is 25.4. The zero-order valence-corrected chi connectivity index (χ0v) is 11.2. The quantitative estimate of drug-likeness (QED) is 0.823. The number of carboxylic acid groups (broad SMARTS) is 1. The Kier molecular flexibility index (Phi) is 4.17. The van der Waals surface area contributed by atoms with Gasteiger partial charge in [-0.15, -0.1) is 0 Å². The van der Waals surface area contributed by atoms with Crippen molar-refractivity contribution >= 4 is 11.9 Å². The van der Waals surface area contributed by atoms with Crippen LogP contribution in [0.2, 0.25) is 0 Å². The first-order valence-corrected chi connectivity index (χ1v) is 6.28. The van der Waals surface area contributed by atoms with Crippen LogP contribution in [0.15, 0.2) is 0 Å². The smallest absolute Gasteiger partial charge is 0.329 e. The first kappa shape index (κ1) is 14.0. The van der Waals surface area contributed by atoms with Crippen molar-refractivity contribution in [1.29, 1.82) is 0 Å². The van der Waals surface area contributed by atoms with E-state index in [2.05, 4.69) is 6.92 Å². The van der Waals surface area contributed by atoms with Gasteiger partial charge in [0.25, 0.3) is 0 Å². The SMILES string of the molecule is CC1CCC(C(=O)N(C)C(C)(C)C(=O)O)CC1. The lowest BCUT2D eigenvalue weighted by Gasteiger charge is -2.36. The second-order valence-corrected chi connectivity index (χ2v) is 5.72. The third kappa shape index (κ3) is 2.99. The Morgan fingerprint density at radius 1 is 1.18 bits per heavy atom. The predicted molar refractivity (Wildman–Crippen MR) is 65.6 cm³/mol. The number of carboxylic acids is 1. The largest absolute Gasteiger partial charge is 0.480 e. The molecule has 98 valence electrons. The molecule has 0 saturated heterocycles. The summed E-state index contributed by atoms with van der Waals surface area (Å²) in [5.41, 5.74) is -1.12. The number of amides is 1. The van der Waals surface area contributed by atoms with E-state index in [0.717, 1.165) is 25.7 Å². The van der Waals surface area contributed by atoms with Gasteiger partial charge < -0.3 is 10.0 Å². The molecule has 0 radical (unpaired) electrons. The first-order chi connectivity index (χ1) is 7.76. The van der Waals surface area contributed by atoms with E-state index in [1.54, 1.807) is 20.9 Å². The molecule has 0 aromatic rings. The van der Waals surface area contributed by atoms with Crippen LogP contribution in [0.1, 0.15) is 46.5 Å². The van der Waals surface area contributed by atoms with Crippen molar-refractivity contribution in [2.75, 3.05) is 7.05 Å². The highest BCUT2D eigenvalue weighted by Gasteiger charge is 2.38. The summed E-state index contributed by atoms with van der Waals surface area (Å²) in [5, 5.41) is 9.11. The Hall–Kier alpha value is -1.06. The van der Waals surface area contributed by atoms with E-state index in [1.807, 2.05) is 0 Å². The summed E-state index contributed by atoms with van der Waals surface area (Å²) in [6.07, 6.45) is 3.91.